The third-order valence-corrected chi connectivity index (χ3v) is 2.33. The molecule has 2 rings (SSSR count). The van der Waals surface area contributed by atoms with Gasteiger partial charge in [-0.3, -0.25) is 0 Å². The molecule has 3 nitrogen and oxygen atoms in total. The number of hydrogen-bond donors (Lipinski definition) is 1. The number of cyclic esters (lactones) is 1. The largest absolute Gasteiger partial charge is 0.413 e. The summed E-state index contributed by atoms with van der Waals surface area (Å²) in [5.74, 6) is 0.652. The molecule has 0 unspecified atom stereocenters. The van der Waals surface area contributed by atoms with Crippen molar-refractivity contribution in [1.29, 1.82) is 0 Å². The second kappa shape index (κ2) is 3.42. The van der Waals surface area contributed by atoms with Crippen molar-refractivity contribution in [3.63, 3.8) is 0 Å². The van der Waals surface area contributed by atoms with Gasteiger partial charge in [0.1, 0.15) is 5.76 Å². The van der Waals surface area contributed by atoms with Crippen LogP contribution in [0.1, 0.15) is 19.4 Å². The molecule has 15 heavy (non-hydrogen) atoms. The maximum atomic E-state index is 11.1. The summed E-state index contributed by atoms with van der Waals surface area (Å²) < 4.78 is 5.09. The summed E-state index contributed by atoms with van der Waals surface area (Å²) in [7, 11) is 0. The normalized spacial score (nSPS) is 21.2. The van der Waals surface area contributed by atoms with Gasteiger partial charge in [-0.25, -0.2) is 4.79 Å². The summed E-state index contributed by atoms with van der Waals surface area (Å²) in [6.45, 7) is 3.82. The Morgan fingerprint density at radius 2 is 1.93 bits per heavy atom. The van der Waals surface area contributed by atoms with E-state index in [1.807, 2.05) is 50.3 Å². The van der Waals surface area contributed by atoms with E-state index in [1.165, 1.54) is 0 Å². The lowest BCUT2D eigenvalue weighted by Gasteiger charge is -2.15. The predicted molar refractivity (Wildman–Crippen MR) is 58.1 cm³/mol. The molecule has 0 aliphatic carbocycles. The average molecular weight is 203 g/mol. The van der Waals surface area contributed by atoms with Gasteiger partial charge in [0, 0.05) is 0 Å². The van der Waals surface area contributed by atoms with Crippen molar-refractivity contribution in [3.8, 4) is 0 Å². The van der Waals surface area contributed by atoms with Crippen molar-refractivity contribution in [2.24, 2.45) is 0 Å². The monoisotopic (exact) mass is 203 g/mol. The van der Waals surface area contributed by atoms with Gasteiger partial charge in [-0.1, -0.05) is 30.3 Å². The minimum absolute atomic E-state index is 0.387. The smallest absolute Gasteiger partial charge is 0.412 e. The third kappa shape index (κ3) is 2.01. The maximum absolute atomic E-state index is 11.1. The van der Waals surface area contributed by atoms with Gasteiger partial charge >= 0.3 is 6.09 Å². The van der Waals surface area contributed by atoms with E-state index >= 15 is 0 Å². The summed E-state index contributed by atoms with van der Waals surface area (Å²) >= 11 is 0. The molecule has 0 spiro atoms. The highest BCUT2D eigenvalue weighted by Gasteiger charge is 2.35. The quantitative estimate of drug-likeness (QED) is 0.761. The molecule has 1 N–H and O–H groups in total. The number of carbonyl (C=O) groups is 1. The lowest BCUT2D eigenvalue weighted by molar-refractivity contribution is 0.195. The molecule has 1 saturated heterocycles. The standard InChI is InChI=1S/C12H13NO2/c1-12(2)10(15-11(14)13-12)8-9-6-4-3-5-7-9/h3-8H,1-2H3,(H,13,14)/b10-8-. The number of hydrogen-bond acceptors (Lipinski definition) is 2. The Hall–Kier alpha value is -1.77. The molecule has 78 valence electrons. The first-order chi connectivity index (χ1) is 7.08. The Balaban J connectivity index is 2.32. The van der Waals surface area contributed by atoms with Crippen molar-refractivity contribution < 1.29 is 9.53 Å². The van der Waals surface area contributed by atoms with E-state index in [-0.39, 0.29) is 6.09 Å². The highest BCUT2D eigenvalue weighted by Crippen LogP contribution is 2.25. The molecule has 1 aliphatic rings. The van der Waals surface area contributed by atoms with Gasteiger partial charge in [-0.2, -0.15) is 0 Å². The van der Waals surface area contributed by atoms with Crippen LogP contribution in [0, 0.1) is 0 Å². The Morgan fingerprint density at radius 3 is 2.47 bits per heavy atom. The van der Waals surface area contributed by atoms with E-state index in [2.05, 4.69) is 5.32 Å². The predicted octanol–water partition coefficient (Wildman–Crippen LogP) is 2.55. The minimum atomic E-state index is -0.424. The van der Waals surface area contributed by atoms with Crippen LogP contribution in [-0.4, -0.2) is 11.6 Å². The first-order valence-electron chi connectivity index (χ1n) is 4.85. The molecule has 1 aromatic carbocycles. The van der Waals surface area contributed by atoms with Gasteiger partial charge < -0.3 is 10.1 Å². The zero-order chi connectivity index (χ0) is 10.9. The molecule has 3 heteroatoms. The molecule has 1 fully saturated rings. The van der Waals surface area contributed by atoms with Crippen LogP contribution in [0.15, 0.2) is 36.1 Å². The van der Waals surface area contributed by atoms with Crippen LogP contribution in [0.3, 0.4) is 0 Å². The van der Waals surface area contributed by atoms with Gasteiger partial charge in [-0.15, -0.1) is 0 Å². The fourth-order valence-corrected chi connectivity index (χ4v) is 1.48. The Labute approximate surface area is 88.8 Å². The van der Waals surface area contributed by atoms with Gasteiger partial charge in [0.15, 0.2) is 0 Å². The fraction of sp³-hybridized carbons (Fsp3) is 0.250. The summed E-state index contributed by atoms with van der Waals surface area (Å²) in [6.07, 6.45) is 1.49. The SMILES string of the molecule is CC1(C)NC(=O)O/C1=C\c1ccccc1. The van der Waals surface area contributed by atoms with Gasteiger partial charge in [-0.05, 0) is 25.5 Å². The molecule has 1 heterocycles. The zero-order valence-electron chi connectivity index (χ0n) is 8.78. The Kier molecular flexibility index (Phi) is 2.23. The van der Waals surface area contributed by atoms with E-state index in [0.29, 0.717) is 5.76 Å². The van der Waals surface area contributed by atoms with Crippen molar-refractivity contribution in [2.75, 3.05) is 0 Å². The summed E-state index contributed by atoms with van der Waals surface area (Å²) in [6, 6.07) is 9.78. The summed E-state index contributed by atoms with van der Waals surface area (Å²) in [5.41, 5.74) is 0.601. The number of amides is 1. The Morgan fingerprint density at radius 1 is 1.27 bits per heavy atom. The number of benzene rings is 1. The number of carbonyl (C=O) groups excluding carboxylic acids is 1. The van der Waals surface area contributed by atoms with Crippen LogP contribution >= 0.6 is 0 Å². The molecule has 1 aromatic rings. The van der Waals surface area contributed by atoms with Crippen LogP contribution < -0.4 is 5.32 Å². The molecular weight excluding hydrogens is 190 g/mol. The highest BCUT2D eigenvalue weighted by molar-refractivity contribution is 5.76. The Bertz CT molecular complexity index is 407. The van der Waals surface area contributed by atoms with Crippen LogP contribution in [0.5, 0.6) is 0 Å². The van der Waals surface area contributed by atoms with E-state index in [0.717, 1.165) is 5.56 Å². The molecule has 1 aliphatic heterocycles. The van der Waals surface area contributed by atoms with Crippen molar-refractivity contribution in [1.82, 2.24) is 5.32 Å². The number of ether oxygens (including phenoxy) is 1. The van der Waals surface area contributed by atoms with E-state index in [4.69, 9.17) is 4.74 Å². The topological polar surface area (TPSA) is 38.3 Å². The number of rotatable bonds is 1. The lowest BCUT2D eigenvalue weighted by atomic mass is 10.0. The maximum Gasteiger partial charge on any atom is 0.413 e. The molecule has 0 atom stereocenters. The van der Waals surface area contributed by atoms with Crippen LogP contribution in [0.2, 0.25) is 0 Å². The second-order valence-corrected chi connectivity index (χ2v) is 4.06. The van der Waals surface area contributed by atoms with E-state index in [1.54, 1.807) is 0 Å². The first-order valence-corrected chi connectivity index (χ1v) is 4.85. The summed E-state index contributed by atoms with van der Waals surface area (Å²) in [4.78, 5) is 11.1. The highest BCUT2D eigenvalue weighted by atomic mass is 16.6. The zero-order valence-corrected chi connectivity index (χ0v) is 8.78. The van der Waals surface area contributed by atoms with E-state index in [9.17, 15) is 4.79 Å². The van der Waals surface area contributed by atoms with Gasteiger partial charge in [0.25, 0.3) is 0 Å². The first kappa shape index (κ1) is 9.77. The second-order valence-electron chi connectivity index (χ2n) is 4.06. The molecule has 0 radical (unpaired) electrons. The van der Waals surface area contributed by atoms with E-state index < -0.39 is 5.54 Å². The van der Waals surface area contributed by atoms with Crippen LogP contribution in [0.25, 0.3) is 6.08 Å². The number of alkyl carbamates (subject to hydrolysis) is 1. The van der Waals surface area contributed by atoms with Crippen LogP contribution in [-0.2, 0) is 4.74 Å². The number of nitrogens with one attached hydrogen (secondary N) is 1. The van der Waals surface area contributed by atoms with Gasteiger partial charge in [0.2, 0.25) is 0 Å². The van der Waals surface area contributed by atoms with Gasteiger partial charge in [0.05, 0.1) is 5.54 Å². The molecule has 0 saturated carbocycles. The molecule has 1 amide bonds. The minimum Gasteiger partial charge on any atom is -0.412 e. The van der Waals surface area contributed by atoms with Crippen LogP contribution in [0.4, 0.5) is 4.79 Å². The average Bonchev–Trinajstić information content (AvgIpc) is 2.41. The van der Waals surface area contributed by atoms with Crippen molar-refractivity contribution >= 4 is 12.2 Å². The third-order valence-electron chi connectivity index (χ3n) is 2.33. The molecular formula is C12H13NO2. The molecule has 0 bridgehead atoms. The van der Waals surface area contributed by atoms with Crippen molar-refractivity contribution in [3.05, 3.63) is 41.7 Å². The summed E-state index contributed by atoms with van der Waals surface area (Å²) in [5, 5.41) is 2.73. The molecule has 0 aromatic heterocycles. The fourth-order valence-electron chi connectivity index (χ4n) is 1.48. The van der Waals surface area contributed by atoms with Crippen molar-refractivity contribution in [2.45, 2.75) is 19.4 Å². The lowest BCUT2D eigenvalue weighted by Crippen LogP contribution is -2.35.